The van der Waals surface area contributed by atoms with Crippen LogP contribution < -0.4 is 5.73 Å². The van der Waals surface area contributed by atoms with E-state index < -0.39 is 0 Å². The Kier molecular flexibility index (Phi) is 5.13. The number of hydrogen-bond donors (Lipinski definition) is 1. The first-order valence-electron chi connectivity index (χ1n) is 6.37. The molecular weight excluding hydrogens is 361 g/mol. The highest BCUT2D eigenvalue weighted by molar-refractivity contribution is 9.10. The summed E-state index contributed by atoms with van der Waals surface area (Å²) in [6.07, 6.45) is 0.601. The molecule has 0 aliphatic rings. The van der Waals surface area contributed by atoms with Crippen molar-refractivity contribution in [2.75, 3.05) is 0 Å². The molecule has 0 fully saturated rings. The summed E-state index contributed by atoms with van der Waals surface area (Å²) >= 11 is 16.0. The van der Waals surface area contributed by atoms with E-state index in [1.54, 1.807) is 0 Å². The molecule has 3 nitrogen and oxygen atoms in total. The fourth-order valence-electron chi connectivity index (χ4n) is 2.19. The molecule has 1 unspecified atom stereocenters. The Morgan fingerprint density at radius 2 is 2.05 bits per heavy atom. The Balaban J connectivity index is 2.32. The van der Waals surface area contributed by atoms with Crippen LogP contribution in [0.2, 0.25) is 10.0 Å². The zero-order valence-corrected chi connectivity index (χ0v) is 14.4. The van der Waals surface area contributed by atoms with Crippen LogP contribution in [-0.2, 0) is 13.0 Å². The second-order valence-corrected chi connectivity index (χ2v) is 6.23. The van der Waals surface area contributed by atoms with Gasteiger partial charge in [-0.15, -0.1) is 0 Å². The molecule has 6 heteroatoms. The van der Waals surface area contributed by atoms with Gasteiger partial charge in [0.1, 0.15) is 0 Å². The van der Waals surface area contributed by atoms with Gasteiger partial charge in [-0.05, 0) is 41.4 Å². The average Bonchev–Trinajstić information content (AvgIpc) is 2.69. The largest absolute Gasteiger partial charge is 0.324 e. The van der Waals surface area contributed by atoms with Gasteiger partial charge in [-0.25, -0.2) is 0 Å². The van der Waals surface area contributed by atoms with Crippen LogP contribution in [0.5, 0.6) is 0 Å². The molecule has 0 saturated heterocycles. The number of halogens is 3. The maximum absolute atomic E-state index is 6.31. The minimum absolute atomic E-state index is 0.223. The summed E-state index contributed by atoms with van der Waals surface area (Å²) in [4.78, 5) is 0. The van der Waals surface area contributed by atoms with Crippen LogP contribution in [0.25, 0.3) is 0 Å². The van der Waals surface area contributed by atoms with Gasteiger partial charge in [-0.3, -0.25) is 4.68 Å². The molecule has 0 radical (unpaired) electrons. The number of nitrogens with two attached hydrogens (primary N) is 1. The smallest absolute Gasteiger partial charge is 0.0847 e. The van der Waals surface area contributed by atoms with Gasteiger partial charge in [-0.1, -0.05) is 35.3 Å². The van der Waals surface area contributed by atoms with Gasteiger partial charge in [0.2, 0.25) is 0 Å². The maximum atomic E-state index is 6.31. The fraction of sp³-hybridized carbons (Fsp3) is 0.357. The fourth-order valence-corrected chi connectivity index (χ4v) is 3.05. The van der Waals surface area contributed by atoms with Crippen molar-refractivity contribution in [1.82, 2.24) is 9.78 Å². The molecule has 1 heterocycles. The molecular formula is C14H16BrCl2N3. The first-order chi connectivity index (χ1) is 9.45. The highest BCUT2D eigenvalue weighted by Crippen LogP contribution is 2.32. The van der Waals surface area contributed by atoms with E-state index in [2.05, 4.69) is 21.0 Å². The molecule has 0 aliphatic carbocycles. The first kappa shape index (κ1) is 15.8. The molecule has 0 saturated carbocycles. The van der Waals surface area contributed by atoms with Crippen molar-refractivity contribution in [3.05, 3.63) is 49.7 Å². The third kappa shape index (κ3) is 3.03. The average molecular weight is 377 g/mol. The molecule has 1 aromatic heterocycles. The van der Waals surface area contributed by atoms with E-state index in [0.717, 1.165) is 28.0 Å². The molecule has 2 rings (SSSR count). The van der Waals surface area contributed by atoms with Crippen molar-refractivity contribution in [3.63, 3.8) is 0 Å². The van der Waals surface area contributed by atoms with Gasteiger partial charge in [-0.2, -0.15) is 5.10 Å². The molecule has 1 atom stereocenters. The summed E-state index contributed by atoms with van der Waals surface area (Å²) in [5.41, 5.74) is 8.98. The van der Waals surface area contributed by atoms with E-state index in [-0.39, 0.29) is 6.04 Å². The zero-order valence-electron chi connectivity index (χ0n) is 11.3. The van der Waals surface area contributed by atoms with Crippen LogP contribution in [0, 0.1) is 6.92 Å². The molecule has 2 aromatic rings. The van der Waals surface area contributed by atoms with Gasteiger partial charge in [0.05, 0.1) is 21.4 Å². The quantitative estimate of drug-likeness (QED) is 0.852. The van der Waals surface area contributed by atoms with Crippen LogP contribution in [0.4, 0.5) is 0 Å². The van der Waals surface area contributed by atoms with Crippen molar-refractivity contribution in [1.29, 1.82) is 0 Å². The van der Waals surface area contributed by atoms with Gasteiger partial charge in [0, 0.05) is 23.5 Å². The number of aromatic nitrogens is 2. The van der Waals surface area contributed by atoms with E-state index in [9.17, 15) is 0 Å². The lowest BCUT2D eigenvalue weighted by atomic mass is 10.0. The maximum Gasteiger partial charge on any atom is 0.0847 e. The Hall–Kier alpha value is -0.550. The molecule has 0 aliphatic heterocycles. The third-order valence-electron chi connectivity index (χ3n) is 3.25. The summed E-state index contributed by atoms with van der Waals surface area (Å²) in [6.45, 7) is 4.70. The summed E-state index contributed by atoms with van der Waals surface area (Å²) in [7, 11) is 0. The molecule has 20 heavy (non-hydrogen) atoms. The molecule has 0 bridgehead atoms. The summed E-state index contributed by atoms with van der Waals surface area (Å²) in [5, 5.41) is 5.74. The van der Waals surface area contributed by atoms with Crippen molar-refractivity contribution >= 4 is 39.1 Å². The number of hydrogen-bond acceptors (Lipinski definition) is 2. The van der Waals surface area contributed by atoms with E-state index in [1.807, 2.05) is 36.7 Å². The predicted octanol–water partition coefficient (Wildman–Crippen LogP) is 4.52. The van der Waals surface area contributed by atoms with E-state index >= 15 is 0 Å². The number of rotatable bonds is 4. The Labute approximate surface area is 137 Å². The Bertz CT molecular complexity index is 625. The summed E-state index contributed by atoms with van der Waals surface area (Å²) in [6, 6.07) is 5.53. The van der Waals surface area contributed by atoms with Crippen molar-refractivity contribution in [3.8, 4) is 0 Å². The molecule has 108 valence electrons. The van der Waals surface area contributed by atoms with Crippen molar-refractivity contribution < 1.29 is 0 Å². The number of aryl methyl sites for hydroxylation is 2. The summed E-state index contributed by atoms with van der Waals surface area (Å²) in [5.74, 6) is 0. The lowest BCUT2D eigenvalue weighted by molar-refractivity contribution is 0.587. The van der Waals surface area contributed by atoms with Gasteiger partial charge in [0.15, 0.2) is 0 Å². The standard InChI is InChI=1S/C14H16BrCl2N3/c1-3-20-12(13(16)8(2)19-20)7-11(18)9-5-4-6-10(15)14(9)17/h4-6,11H,3,7,18H2,1-2H3. The normalized spacial score (nSPS) is 12.7. The lowest BCUT2D eigenvalue weighted by Crippen LogP contribution is -2.17. The first-order valence-corrected chi connectivity index (χ1v) is 7.91. The highest BCUT2D eigenvalue weighted by Gasteiger charge is 2.19. The molecule has 2 N–H and O–H groups in total. The van der Waals surface area contributed by atoms with Crippen molar-refractivity contribution in [2.45, 2.75) is 32.9 Å². The van der Waals surface area contributed by atoms with E-state index in [4.69, 9.17) is 28.9 Å². The summed E-state index contributed by atoms with van der Waals surface area (Å²) < 4.78 is 2.74. The third-order valence-corrected chi connectivity index (χ3v) is 5.05. The number of nitrogens with zero attached hydrogens (tertiary/aromatic N) is 2. The molecule has 1 aromatic carbocycles. The van der Waals surface area contributed by atoms with Gasteiger partial charge >= 0.3 is 0 Å². The molecule has 0 spiro atoms. The highest BCUT2D eigenvalue weighted by atomic mass is 79.9. The topological polar surface area (TPSA) is 43.8 Å². The minimum atomic E-state index is -0.223. The Morgan fingerprint density at radius 1 is 1.35 bits per heavy atom. The zero-order chi connectivity index (χ0) is 14.9. The van der Waals surface area contributed by atoms with Gasteiger partial charge < -0.3 is 5.73 Å². The SMILES string of the molecule is CCn1nc(C)c(Cl)c1CC(N)c1cccc(Br)c1Cl. The van der Waals surface area contributed by atoms with Crippen LogP contribution in [0.1, 0.15) is 29.9 Å². The van der Waals surface area contributed by atoms with Crippen LogP contribution in [0.15, 0.2) is 22.7 Å². The predicted molar refractivity (Wildman–Crippen MR) is 87.4 cm³/mol. The van der Waals surface area contributed by atoms with Crippen LogP contribution in [0.3, 0.4) is 0 Å². The minimum Gasteiger partial charge on any atom is -0.324 e. The van der Waals surface area contributed by atoms with Crippen LogP contribution >= 0.6 is 39.1 Å². The van der Waals surface area contributed by atoms with Crippen LogP contribution in [-0.4, -0.2) is 9.78 Å². The van der Waals surface area contributed by atoms with Crippen molar-refractivity contribution in [2.24, 2.45) is 5.73 Å². The second kappa shape index (κ2) is 6.48. The molecule has 0 amide bonds. The van der Waals surface area contributed by atoms with Gasteiger partial charge in [0.25, 0.3) is 0 Å². The lowest BCUT2D eigenvalue weighted by Gasteiger charge is -2.15. The van der Waals surface area contributed by atoms with E-state index in [1.165, 1.54) is 0 Å². The monoisotopic (exact) mass is 375 g/mol. The second-order valence-electron chi connectivity index (χ2n) is 4.62. The number of benzene rings is 1. The Morgan fingerprint density at radius 3 is 2.70 bits per heavy atom. The van der Waals surface area contributed by atoms with E-state index in [0.29, 0.717) is 16.5 Å².